The van der Waals surface area contributed by atoms with E-state index in [1.807, 2.05) is 0 Å². The van der Waals surface area contributed by atoms with Crippen LogP contribution in [0.4, 0.5) is 11.4 Å². The van der Waals surface area contributed by atoms with Gasteiger partial charge in [0.25, 0.3) is 5.69 Å². The highest BCUT2D eigenvalue weighted by Gasteiger charge is 2.26. The molecule has 9 heteroatoms. The monoisotopic (exact) mass is 428 g/mol. The van der Waals surface area contributed by atoms with E-state index in [9.17, 15) is 14.9 Å². The maximum Gasteiger partial charge on any atom is 0.342 e. The molecule has 0 aliphatic carbocycles. The van der Waals surface area contributed by atoms with Crippen LogP contribution in [0.5, 0.6) is 0 Å². The highest BCUT2D eigenvalue weighted by Crippen LogP contribution is 2.25. The van der Waals surface area contributed by atoms with Crippen LogP contribution in [0.2, 0.25) is 5.02 Å². The van der Waals surface area contributed by atoms with Gasteiger partial charge >= 0.3 is 5.97 Å². The lowest BCUT2D eigenvalue weighted by Crippen LogP contribution is -2.27. The number of hydrogen-bond acceptors (Lipinski definition) is 7. The molecule has 1 aliphatic rings. The summed E-state index contributed by atoms with van der Waals surface area (Å²) in [6.45, 7) is 2.58. The third-order valence-corrected chi connectivity index (χ3v) is 4.69. The first-order valence-electron chi connectivity index (χ1n) is 9.47. The Morgan fingerprint density at radius 3 is 2.47 bits per heavy atom. The molecule has 2 aromatic rings. The lowest BCUT2D eigenvalue weighted by Gasteiger charge is -2.18. The van der Waals surface area contributed by atoms with Gasteiger partial charge in [0.1, 0.15) is 5.57 Å². The SMILES string of the molecule is CCOC(=O)/C(C1=NCCC1)=C(\NNc1ccc(Cl)cc1)c1ccc([N+](=O)[O-])cc1. The van der Waals surface area contributed by atoms with Gasteiger partial charge in [-0.25, -0.2) is 4.79 Å². The predicted octanol–water partition coefficient (Wildman–Crippen LogP) is 4.37. The molecule has 0 saturated carbocycles. The molecule has 0 bridgehead atoms. The number of carbonyl (C=O) groups excluding carboxylic acids is 1. The Kier molecular flexibility index (Phi) is 7.03. The molecule has 0 unspecified atom stereocenters. The second-order valence-electron chi connectivity index (χ2n) is 6.46. The molecule has 30 heavy (non-hydrogen) atoms. The van der Waals surface area contributed by atoms with E-state index < -0.39 is 10.9 Å². The zero-order valence-corrected chi connectivity index (χ0v) is 17.1. The van der Waals surface area contributed by atoms with Crippen LogP contribution in [-0.4, -0.2) is 29.8 Å². The number of anilines is 1. The summed E-state index contributed by atoms with van der Waals surface area (Å²) < 4.78 is 5.28. The first-order chi connectivity index (χ1) is 14.5. The zero-order valence-electron chi connectivity index (χ0n) is 16.4. The van der Waals surface area contributed by atoms with Gasteiger partial charge in [-0.2, -0.15) is 0 Å². The van der Waals surface area contributed by atoms with E-state index in [0.29, 0.717) is 40.5 Å². The quantitative estimate of drug-likeness (QED) is 0.280. The molecule has 3 rings (SSSR count). The van der Waals surface area contributed by atoms with Crippen LogP contribution in [0, 0.1) is 10.1 Å². The van der Waals surface area contributed by atoms with Crippen LogP contribution in [0.1, 0.15) is 25.3 Å². The van der Waals surface area contributed by atoms with Crippen molar-refractivity contribution in [3.8, 4) is 0 Å². The van der Waals surface area contributed by atoms with Gasteiger partial charge in [0.05, 0.1) is 28.6 Å². The molecule has 8 nitrogen and oxygen atoms in total. The number of halogens is 1. The van der Waals surface area contributed by atoms with Crippen molar-refractivity contribution in [1.29, 1.82) is 0 Å². The van der Waals surface area contributed by atoms with Crippen molar-refractivity contribution < 1.29 is 14.5 Å². The average Bonchev–Trinajstić information content (AvgIpc) is 3.26. The van der Waals surface area contributed by atoms with Crippen molar-refractivity contribution in [3.05, 3.63) is 74.8 Å². The largest absolute Gasteiger partial charge is 0.462 e. The maximum absolute atomic E-state index is 12.8. The number of nitrogens with zero attached hydrogens (tertiary/aromatic N) is 2. The molecule has 2 N–H and O–H groups in total. The lowest BCUT2D eigenvalue weighted by molar-refractivity contribution is -0.384. The lowest BCUT2D eigenvalue weighted by atomic mass is 10.0. The first-order valence-corrected chi connectivity index (χ1v) is 9.85. The number of esters is 1. The molecule has 0 saturated heterocycles. The van der Waals surface area contributed by atoms with Crippen LogP contribution in [0.25, 0.3) is 5.70 Å². The molecule has 0 aromatic heterocycles. The second kappa shape index (κ2) is 9.89. The molecular weight excluding hydrogens is 408 g/mol. The van der Waals surface area contributed by atoms with E-state index >= 15 is 0 Å². The summed E-state index contributed by atoms with van der Waals surface area (Å²) in [4.78, 5) is 27.8. The summed E-state index contributed by atoms with van der Waals surface area (Å²) in [5, 5.41) is 11.6. The van der Waals surface area contributed by atoms with Gasteiger partial charge in [-0.15, -0.1) is 0 Å². The fraction of sp³-hybridized carbons (Fsp3) is 0.238. The van der Waals surface area contributed by atoms with Crippen LogP contribution >= 0.6 is 11.6 Å². The molecular formula is C21H21ClN4O4. The van der Waals surface area contributed by atoms with Crippen molar-refractivity contribution in [2.24, 2.45) is 4.99 Å². The van der Waals surface area contributed by atoms with Gasteiger partial charge in [0, 0.05) is 29.3 Å². The molecule has 0 fully saturated rings. The van der Waals surface area contributed by atoms with Crippen molar-refractivity contribution in [2.75, 3.05) is 18.6 Å². The number of nitrogens with one attached hydrogen (secondary N) is 2. The highest BCUT2D eigenvalue weighted by molar-refractivity contribution is 6.30. The first kappa shape index (κ1) is 21.3. The van der Waals surface area contributed by atoms with Crippen molar-refractivity contribution in [2.45, 2.75) is 19.8 Å². The number of nitro benzene ring substituents is 1. The van der Waals surface area contributed by atoms with Crippen LogP contribution in [0.3, 0.4) is 0 Å². The van der Waals surface area contributed by atoms with E-state index in [2.05, 4.69) is 15.8 Å². The number of ether oxygens (including phenoxy) is 1. The summed E-state index contributed by atoms with van der Waals surface area (Å²) in [5.74, 6) is -0.503. The topological polar surface area (TPSA) is 106 Å². The van der Waals surface area contributed by atoms with Gasteiger partial charge in [0.2, 0.25) is 0 Å². The van der Waals surface area contributed by atoms with Crippen LogP contribution < -0.4 is 10.9 Å². The van der Waals surface area contributed by atoms with E-state index in [0.717, 1.165) is 12.1 Å². The molecule has 0 amide bonds. The summed E-state index contributed by atoms with van der Waals surface area (Å²) in [5.41, 5.74) is 8.76. The molecule has 0 atom stereocenters. The van der Waals surface area contributed by atoms with E-state index in [1.54, 1.807) is 43.3 Å². The molecule has 2 aromatic carbocycles. The Bertz CT molecular complexity index is 985. The van der Waals surface area contributed by atoms with Gasteiger partial charge < -0.3 is 10.2 Å². The Labute approximate surface area is 178 Å². The minimum atomic E-state index is -0.503. The Morgan fingerprint density at radius 2 is 1.90 bits per heavy atom. The number of benzene rings is 2. The molecule has 0 radical (unpaired) electrons. The maximum atomic E-state index is 12.8. The standard InChI is InChI=1S/C21H21ClN4O4/c1-2-30-21(27)19(18-4-3-13-23-18)20(14-5-11-17(12-6-14)26(28)29)25-24-16-9-7-15(22)8-10-16/h5-12,24-25H,2-4,13H2,1H3/b20-19-. The minimum absolute atomic E-state index is 0.0420. The summed E-state index contributed by atoms with van der Waals surface area (Å²) >= 11 is 5.93. The van der Waals surface area contributed by atoms with Gasteiger partial charge in [-0.1, -0.05) is 11.6 Å². The number of nitro groups is 1. The minimum Gasteiger partial charge on any atom is -0.462 e. The number of hydrazine groups is 1. The fourth-order valence-electron chi connectivity index (χ4n) is 3.01. The summed E-state index contributed by atoms with van der Waals surface area (Å²) in [6, 6.07) is 13.0. The third-order valence-electron chi connectivity index (χ3n) is 4.44. The smallest absolute Gasteiger partial charge is 0.342 e. The number of hydrogen-bond donors (Lipinski definition) is 2. The number of rotatable bonds is 8. The van der Waals surface area contributed by atoms with Crippen molar-refractivity contribution >= 4 is 40.4 Å². The van der Waals surface area contributed by atoms with Gasteiger partial charge in [-0.05, 0) is 56.2 Å². The molecule has 156 valence electrons. The predicted molar refractivity (Wildman–Crippen MR) is 116 cm³/mol. The third kappa shape index (κ3) is 5.15. The summed E-state index contributed by atoms with van der Waals surface area (Å²) in [6.07, 6.45) is 1.49. The van der Waals surface area contributed by atoms with Crippen LogP contribution in [-0.2, 0) is 9.53 Å². The number of non-ortho nitro benzene ring substituents is 1. The normalized spacial score (nSPS) is 13.9. The number of carbonyl (C=O) groups is 1. The van der Waals surface area contributed by atoms with Crippen molar-refractivity contribution in [3.63, 3.8) is 0 Å². The number of aliphatic imine (C=N–C) groups is 1. The highest BCUT2D eigenvalue weighted by atomic mass is 35.5. The summed E-state index contributed by atoms with van der Waals surface area (Å²) in [7, 11) is 0. The van der Waals surface area contributed by atoms with Crippen molar-refractivity contribution in [1.82, 2.24) is 5.43 Å². The van der Waals surface area contributed by atoms with Gasteiger partial charge in [0.15, 0.2) is 0 Å². The average molecular weight is 429 g/mol. The zero-order chi connectivity index (χ0) is 21.5. The molecule has 1 aliphatic heterocycles. The Morgan fingerprint density at radius 1 is 1.20 bits per heavy atom. The van der Waals surface area contributed by atoms with E-state index in [1.165, 1.54) is 12.1 Å². The second-order valence-corrected chi connectivity index (χ2v) is 6.90. The van der Waals surface area contributed by atoms with E-state index in [4.69, 9.17) is 16.3 Å². The van der Waals surface area contributed by atoms with E-state index in [-0.39, 0.29) is 12.3 Å². The molecule has 0 spiro atoms. The van der Waals surface area contributed by atoms with Crippen LogP contribution in [0.15, 0.2) is 59.1 Å². The fourth-order valence-corrected chi connectivity index (χ4v) is 3.13. The Balaban J connectivity index is 2.05. The van der Waals surface area contributed by atoms with Gasteiger partial charge in [-0.3, -0.25) is 20.5 Å². The molecule has 1 heterocycles. The Hall–Kier alpha value is -3.39.